The standard InChI is InChI=1S/C17H25N7O/c1-18-15-10-16(21-12-20-15)23-17-19-6-5-14(22-17)13-4-3-7-24(11-13)8-9-25-2/h5-6,10,12-13H,3-4,7-9,11H2,1-2H3,(H2,18,19,20,21,22,23)/t13-/m0/s1. The highest BCUT2D eigenvalue weighted by Gasteiger charge is 2.22. The molecule has 8 nitrogen and oxygen atoms in total. The number of anilines is 3. The molecule has 0 bridgehead atoms. The molecule has 0 unspecified atom stereocenters. The van der Waals surface area contributed by atoms with Gasteiger partial charge in [-0.05, 0) is 25.5 Å². The van der Waals surface area contributed by atoms with E-state index in [1.807, 2.05) is 19.2 Å². The molecule has 0 aliphatic carbocycles. The van der Waals surface area contributed by atoms with Crippen molar-refractivity contribution in [1.82, 2.24) is 24.8 Å². The summed E-state index contributed by atoms with van der Waals surface area (Å²) in [5.41, 5.74) is 1.07. The van der Waals surface area contributed by atoms with Gasteiger partial charge in [0, 0.05) is 45.4 Å². The Balaban J connectivity index is 1.68. The number of piperidine rings is 1. The summed E-state index contributed by atoms with van der Waals surface area (Å²) in [7, 11) is 3.57. The van der Waals surface area contributed by atoms with Crippen molar-refractivity contribution >= 4 is 17.6 Å². The zero-order valence-corrected chi connectivity index (χ0v) is 14.8. The van der Waals surface area contributed by atoms with Crippen LogP contribution >= 0.6 is 0 Å². The maximum atomic E-state index is 5.20. The summed E-state index contributed by atoms with van der Waals surface area (Å²) in [4.78, 5) is 19.8. The minimum Gasteiger partial charge on any atom is -0.383 e. The van der Waals surface area contributed by atoms with Gasteiger partial charge in [-0.25, -0.2) is 19.9 Å². The van der Waals surface area contributed by atoms with Gasteiger partial charge in [0.05, 0.1) is 12.3 Å². The molecule has 25 heavy (non-hydrogen) atoms. The molecule has 1 atom stereocenters. The van der Waals surface area contributed by atoms with E-state index >= 15 is 0 Å². The summed E-state index contributed by atoms with van der Waals surface area (Å²) in [5, 5.41) is 6.15. The van der Waals surface area contributed by atoms with Crippen molar-refractivity contribution in [3.05, 3.63) is 30.4 Å². The first kappa shape index (κ1) is 17.5. The van der Waals surface area contributed by atoms with E-state index in [1.54, 1.807) is 13.3 Å². The maximum absolute atomic E-state index is 5.20. The van der Waals surface area contributed by atoms with E-state index < -0.39 is 0 Å². The van der Waals surface area contributed by atoms with Crippen molar-refractivity contribution < 1.29 is 4.74 Å². The van der Waals surface area contributed by atoms with Crippen LogP contribution in [0.1, 0.15) is 24.5 Å². The van der Waals surface area contributed by atoms with Gasteiger partial charge in [-0.3, -0.25) is 0 Å². The Morgan fingerprint density at radius 3 is 3.00 bits per heavy atom. The van der Waals surface area contributed by atoms with Gasteiger partial charge >= 0.3 is 0 Å². The lowest BCUT2D eigenvalue weighted by Gasteiger charge is -2.32. The normalized spacial score (nSPS) is 18.1. The Morgan fingerprint density at radius 1 is 1.28 bits per heavy atom. The molecule has 2 aromatic heterocycles. The smallest absolute Gasteiger partial charge is 0.228 e. The lowest BCUT2D eigenvalue weighted by Crippen LogP contribution is -2.36. The number of nitrogens with one attached hydrogen (secondary N) is 2. The van der Waals surface area contributed by atoms with Crippen molar-refractivity contribution in [1.29, 1.82) is 0 Å². The summed E-state index contributed by atoms with van der Waals surface area (Å²) in [6.07, 6.45) is 5.64. The van der Waals surface area contributed by atoms with Gasteiger partial charge in [0.15, 0.2) is 0 Å². The molecule has 1 aliphatic heterocycles. The zero-order valence-electron chi connectivity index (χ0n) is 14.8. The third-order valence-electron chi connectivity index (χ3n) is 4.38. The van der Waals surface area contributed by atoms with Crippen LogP contribution in [0.2, 0.25) is 0 Å². The molecule has 0 saturated carbocycles. The van der Waals surface area contributed by atoms with Gasteiger partial charge in [0.25, 0.3) is 0 Å². The summed E-state index contributed by atoms with van der Waals surface area (Å²) in [6, 6.07) is 3.83. The Hall–Kier alpha value is -2.32. The molecule has 2 N–H and O–H groups in total. The van der Waals surface area contributed by atoms with Crippen LogP contribution in [-0.4, -0.2) is 65.2 Å². The summed E-state index contributed by atoms with van der Waals surface area (Å²) in [5.74, 6) is 2.40. The monoisotopic (exact) mass is 343 g/mol. The van der Waals surface area contributed by atoms with Crippen LogP contribution in [0.5, 0.6) is 0 Å². The highest BCUT2D eigenvalue weighted by molar-refractivity contribution is 5.52. The van der Waals surface area contributed by atoms with Crippen LogP contribution in [0.4, 0.5) is 17.6 Å². The van der Waals surface area contributed by atoms with Gasteiger partial charge in [0.2, 0.25) is 5.95 Å². The molecule has 1 aliphatic rings. The number of rotatable bonds is 7. The molecule has 1 fully saturated rings. The van der Waals surface area contributed by atoms with Crippen molar-refractivity contribution in [2.45, 2.75) is 18.8 Å². The molecule has 3 heterocycles. The number of hydrogen-bond donors (Lipinski definition) is 2. The van der Waals surface area contributed by atoms with E-state index in [-0.39, 0.29) is 0 Å². The molecule has 0 aromatic carbocycles. The van der Waals surface area contributed by atoms with Crippen molar-refractivity contribution in [2.75, 3.05) is 51.0 Å². The molecule has 0 amide bonds. The Kier molecular flexibility index (Phi) is 6.08. The maximum Gasteiger partial charge on any atom is 0.228 e. The van der Waals surface area contributed by atoms with E-state index in [4.69, 9.17) is 9.72 Å². The van der Waals surface area contributed by atoms with E-state index in [0.717, 1.165) is 44.2 Å². The Labute approximate surface area is 148 Å². The second kappa shape index (κ2) is 8.68. The largest absolute Gasteiger partial charge is 0.383 e. The fourth-order valence-corrected chi connectivity index (χ4v) is 3.06. The van der Waals surface area contributed by atoms with Gasteiger partial charge in [0.1, 0.15) is 18.0 Å². The van der Waals surface area contributed by atoms with Crippen LogP contribution in [0.3, 0.4) is 0 Å². The highest BCUT2D eigenvalue weighted by atomic mass is 16.5. The second-order valence-electron chi connectivity index (χ2n) is 6.10. The molecule has 0 spiro atoms. The van der Waals surface area contributed by atoms with E-state index in [2.05, 4.69) is 30.5 Å². The minimum absolute atomic E-state index is 0.424. The minimum atomic E-state index is 0.424. The van der Waals surface area contributed by atoms with Crippen LogP contribution < -0.4 is 10.6 Å². The molecule has 1 saturated heterocycles. The lowest BCUT2D eigenvalue weighted by atomic mass is 9.94. The summed E-state index contributed by atoms with van der Waals surface area (Å²) >= 11 is 0. The predicted molar refractivity (Wildman–Crippen MR) is 97.2 cm³/mol. The first-order valence-electron chi connectivity index (χ1n) is 8.59. The molecule has 134 valence electrons. The number of ether oxygens (including phenoxy) is 1. The summed E-state index contributed by atoms with van der Waals surface area (Å²) < 4.78 is 5.20. The quantitative estimate of drug-likeness (QED) is 0.788. The fourth-order valence-electron chi connectivity index (χ4n) is 3.06. The predicted octanol–water partition coefficient (Wildman–Crippen LogP) is 1.88. The molecule has 2 aromatic rings. The van der Waals surface area contributed by atoms with Gasteiger partial charge < -0.3 is 20.3 Å². The fraction of sp³-hybridized carbons (Fsp3) is 0.529. The van der Waals surface area contributed by atoms with E-state index in [0.29, 0.717) is 17.7 Å². The van der Waals surface area contributed by atoms with Crippen molar-refractivity contribution in [3.8, 4) is 0 Å². The van der Waals surface area contributed by atoms with E-state index in [9.17, 15) is 0 Å². The lowest BCUT2D eigenvalue weighted by molar-refractivity contribution is 0.127. The number of likely N-dealkylation sites (tertiary alicyclic amines) is 1. The van der Waals surface area contributed by atoms with Crippen LogP contribution in [-0.2, 0) is 4.74 Å². The topological polar surface area (TPSA) is 88.1 Å². The SMILES string of the molecule is CNc1cc(Nc2nccc([C@H]3CCCN(CCOC)C3)n2)ncn1. The number of hydrogen-bond acceptors (Lipinski definition) is 8. The number of aromatic nitrogens is 4. The molecule has 8 heteroatoms. The van der Waals surface area contributed by atoms with Gasteiger partial charge in [-0.15, -0.1) is 0 Å². The second-order valence-corrected chi connectivity index (χ2v) is 6.10. The third-order valence-corrected chi connectivity index (χ3v) is 4.38. The molecular formula is C17H25N7O. The van der Waals surface area contributed by atoms with Crippen molar-refractivity contribution in [3.63, 3.8) is 0 Å². The van der Waals surface area contributed by atoms with E-state index in [1.165, 1.54) is 12.7 Å². The number of methoxy groups -OCH3 is 1. The average molecular weight is 343 g/mol. The number of nitrogens with zero attached hydrogens (tertiary/aromatic N) is 5. The molecule has 3 rings (SSSR count). The van der Waals surface area contributed by atoms with Crippen molar-refractivity contribution in [2.24, 2.45) is 0 Å². The van der Waals surface area contributed by atoms with Gasteiger partial charge in [-0.2, -0.15) is 0 Å². The Bertz CT molecular complexity index is 682. The summed E-state index contributed by atoms with van der Waals surface area (Å²) in [6.45, 7) is 3.88. The Morgan fingerprint density at radius 2 is 2.16 bits per heavy atom. The molecule has 0 radical (unpaired) electrons. The van der Waals surface area contributed by atoms with Crippen LogP contribution in [0.25, 0.3) is 0 Å². The first-order chi connectivity index (χ1) is 12.3. The van der Waals surface area contributed by atoms with Gasteiger partial charge in [-0.1, -0.05) is 0 Å². The first-order valence-corrected chi connectivity index (χ1v) is 8.59. The van der Waals surface area contributed by atoms with Crippen LogP contribution in [0, 0.1) is 0 Å². The average Bonchev–Trinajstić information content (AvgIpc) is 2.67. The third kappa shape index (κ3) is 4.83. The zero-order chi connectivity index (χ0) is 17.5. The molecular weight excluding hydrogens is 318 g/mol. The highest BCUT2D eigenvalue weighted by Crippen LogP contribution is 2.26. The van der Waals surface area contributed by atoms with Crippen LogP contribution in [0.15, 0.2) is 24.7 Å².